The zero-order valence-corrected chi connectivity index (χ0v) is 38.4. The van der Waals surface area contributed by atoms with Gasteiger partial charge >= 0.3 is 23.9 Å². The highest BCUT2D eigenvalue weighted by Gasteiger charge is 2.28. The third kappa shape index (κ3) is 22.6. The van der Waals surface area contributed by atoms with E-state index in [-0.39, 0.29) is 97.4 Å². The molecule has 0 aromatic heterocycles. The van der Waals surface area contributed by atoms with E-state index in [1.165, 1.54) is 0 Å². The van der Waals surface area contributed by atoms with Gasteiger partial charge in [-0.25, -0.2) is 4.79 Å². The first kappa shape index (κ1) is 53.9. The topological polar surface area (TPSA) is 225 Å². The second-order valence-corrected chi connectivity index (χ2v) is 15.8. The maximum Gasteiger partial charge on any atom is 0.328 e. The van der Waals surface area contributed by atoms with Crippen LogP contribution in [-0.2, 0) is 88.4 Å². The molecule has 4 N–H and O–H groups in total. The highest BCUT2D eigenvalue weighted by molar-refractivity contribution is 5.90. The maximum atomic E-state index is 13.8. The average molecular weight is 938 g/mol. The molecule has 16 heteroatoms. The number of rotatable bonds is 33. The van der Waals surface area contributed by atoms with E-state index in [0.29, 0.717) is 18.7 Å². The van der Waals surface area contributed by atoms with Gasteiger partial charge in [-0.15, -0.1) is 0 Å². The van der Waals surface area contributed by atoms with Crippen LogP contribution in [0.15, 0.2) is 121 Å². The summed E-state index contributed by atoms with van der Waals surface area (Å²) in [5, 5.41) is 5.31. The zero-order chi connectivity index (χ0) is 48.6. The molecule has 364 valence electrons. The van der Waals surface area contributed by atoms with E-state index >= 15 is 0 Å². The molecule has 4 rings (SSSR count). The third-order valence-electron chi connectivity index (χ3n) is 10.4. The lowest BCUT2D eigenvalue weighted by atomic mass is 9.94. The third-order valence-corrected chi connectivity index (χ3v) is 10.4. The average Bonchev–Trinajstić information content (AvgIpc) is 3.36. The Morgan fingerprint density at radius 2 is 0.882 bits per heavy atom. The van der Waals surface area contributed by atoms with E-state index in [1.54, 1.807) is 36.4 Å². The predicted octanol–water partition coefficient (Wildman–Crippen LogP) is 5.62. The van der Waals surface area contributed by atoms with Crippen LogP contribution < -0.4 is 16.4 Å². The lowest BCUT2D eigenvalue weighted by Crippen LogP contribution is -2.45. The normalized spacial score (nSPS) is 12.1. The Kier molecular flexibility index (Phi) is 25.4. The number of carbonyl (C=O) groups excluding carboxylic acids is 7. The van der Waals surface area contributed by atoms with Crippen LogP contribution in [0.3, 0.4) is 0 Å². The highest BCUT2D eigenvalue weighted by Crippen LogP contribution is 2.20. The second kappa shape index (κ2) is 32.0. The minimum Gasteiger partial charge on any atom is -0.461 e. The molecule has 3 atom stereocenters. The molecule has 0 aliphatic rings. The quantitative estimate of drug-likeness (QED) is 0.0300. The van der Waals surface area contributed by atoms with Crippen LogP contribution in [0.25, 0.3) is 0 Å². The number of amides is 2. The van der Waals surface area contributed by atoms with Gasteiger partial charge in [-0.1, -0.05) is 121 Å². The number of ketones is 1. The fourth-order valence-corrected chi connectivity index (χ4v) is 6.74. The van der Waals surface area contributed by atoms with E-state index < -0.39 is 66.1 Å². The molecule has 0 saturated carbocycles. The standard InChI is InChI=1S/C52H63N3O13/c53-30-31-63-32-33-64-38-48(58)54-44(25-27-47(57)55-45(52(62)68-37-42-20-11-4-12-21-42)26-29-50(60)66-35-40-16-7-2-8-17-40)46(56)23-13-22-43(51(61)67-36-41-18-9-3-10-19-41)24-28-49(59)65-34-39-14-5-1-6-15-39/h1-12,14-21,43-45H,13,22-38,53H2,(H,54,58)(H,55,57). The van der Waals surface area contributed by atoms with E-state index in [1.807, 2.05) is 84.9 Å². The number of Topliss-reactive ketones (excluding diaryl/α,β-unsaturated/α-hetero) is 1. The van der Waals surface area contributed by atoms with Gasteiger partial charge in [-0.3, -0.25) is 28.8 Å². The van der Waals surface area contributed by atoms with Crippen molar-refractivity contribution >= 4 is 41.5 Å². The molecule has 0 saturated heterocycles. The Morgan fingerprint density at radius 1 is 0.441 bits per heavy atom. The summed E-state index contributed by atoms with van der Waals surface area (Å²) in [5.41, 5.74) is 8.54. The molecule has 0 aliphatic heterocycles. The fourth-order valence-electron chi connectivity index (χ4n) is 6.74. The first-order valence-corrected chi connectivity index (χ1v) is 22.9. The van der Waals surface area contributed by atoms with Gasteiger partial charge < -0.3 is 44.8 Å². The number of nitrogens with one attached hydrogen (secondary N) is 2. The first-order chi connectivity index (χ1) is 33.1. The van der Waals surface area contributed by atoms with Crippen molar-refractivity contribution in [2.45, 2.75) is 96.3 Å². The number of benzene rings is 4. The Labute approximate surface area is 397 Å². The van der Waals surface area contributed by atoms with E-state index in [4.69, 9.17) is 34.2 Å². The lowest BCUT2D eigenvalue weighted by molar-refractivity contribution is -0.152. The summed E-state index contributed by atoms with van der Waals surface area (Å²) in [6, 6.07) is 34.0. The SMILES string of the molecule is NCCOCCOCC(=O)NC(CCC(=O)NC(CCC(=O)OCc1ccccc1)C(=O)OCc1ccccc1)C(=O)CCCC(CCC(=O)OCc1ccccc1)C(=O)OCc1ccccc1. The zero-order valence-electron chi connectivity index (χ0n) is 38.4. The van der Waals surface area contributed by atoms with Crippen molar-refractivity contribution in [1.29, 1.82) is 0 Å². The van der Waals surface area contributed by atoms with Gasteiger partial charge in [0, 0.05) is 32.2 Å². The van der Waals surface area contributed by atoms with Gasteiger partial charge in [0.25, 0.3) is 0 Å². The number of carbonyl (C=O) groups is 7. The number of esters is 4. The molecule has 0 spiro atoms. The van der Waals surface area contributed by atoms with Crippen molar-refractivity contribution in [2.75, 3.05) is 33.0 Å². The van der Waals surface area contributed by atoms with Crippen molar-refractivity contribution in [3.8, 4) is 0 Å². The smallest absolute Gasteiger partial charge is 0.328 e. The summed E-state index contributed by atoms with van der Waals surface area (Å²) < 4.78 is 32.6. The van der Waals surface area contributed by atoms with Gasteiger partial charge in [0.15, 0.2) is 5.78 Å². The van der Waals surface area contributed by atoms with E-state index in [0.717, 1.165) is 16.7 Å². The molecule has 0 fully saturated rings. The molecule has 16 nitrogen and oxygen atoms in total. The fraction of sp³-hybridized carbons (Fsp3) is 0.404. The van der Waals surface area contributed by atoms with Gasteiger partial charge in [0.2, 0.25) is 11.8 Å². The van der Waals surface area contributed by atoms with Gasteiger partial charge in [-0.2, -0.15) is 0 Å². The summed E-state index contributed by atoms with van der Waals surface area (Å²) in [7, 11) is 0. The Morgan fingerprint density at radius 3 is 1.40 bits per heavy atom. The van der Waals surface area contributed by atoms with Crippen LogP contribution >= 0.6 is 0 Å². The van der Waals surface area contributed by atoms with Crippen LogP contribution in [-0.4, -0.2) is 86.5 Å². The summed E-state index contributed by atoms with van der Waals surface area (Å²) in [6.07, 6.45) is -0.470. The van der Waals surface area contributed by atoms with Gasteiger partial charge in [0.1, 0.15) is 39.1 Å². The van der Waals surface area contributed by atoms with Crippen molar-refractivity contribution in [3.63, 3.8) is 0 Å². The molecule has 0 bridgehead atoms. The van der Waals surface area contributed by atoms with Crippen LogP contribution in [0.1, 0.15) is 80.0 Å². The molecule has 2 amide bonds. The molecule has 0 radical (unpaired) electrons. The summed E-state index contributed by atoms with van der Waals surface area (Å²) >= 11 is 0. The highest BCUT2D eigenvalue weighted by atomic mass is 16.5. The number of nitrogens with two attached hydrogens (primary N) is 1. The van der Waals surface area contributed by atoms with Crippen molar-refractivity contribution in [1.82, 2.24) is 10.6 Å². The minimum absolute atomic E-state index is 0.0227. The molecular formula is C52H63N3O13. The molecule has 68 heavy (non-hydrogen) atoms. The maximum absolute atomic E-state index is 13.8. The van der Waals surface area contributed by atoms with Crippen LogP contribution in [0.4, 0.5) is 0 Å². The van der Waals surface area contributed by atoms with Gasteiger partial charge in [-0.05, 0) is 54.4 Å². The molecule has 0 heterocycles. The van der Waals surface area contributed by atoms with Crippen molar-refractivity contribution < 1.29 is 62.0 Å². The lowest BCUT2D eigenvalue weighted by Gasteiger charge is -2.21. The van der Waals surface area contributed by atoms with Crippen LogP contribution in [0, 0.1) is 5.92 Å². The van der Waals surface area contributed by atoms with Crippen molar-refractivity contribution in [2.24, 2.45) is 11.7 Å². The number of ether oxygens (including phenoxy) is 6. The molecular weight excluding hydrogens is 875 g/mol. The largest absolute Gasteiger partial charge is 0.461 e. The molecule has 0 aliphatic carbocycles. The Balaban J connectivity index is 1.38. The van der Waals surface area contributed by atoms with Gasteiger partial charge in [0.05, 0.1) is 31.8 Å². The summed E-state index contributed by atoms with van der Waals surface area (Å²) in [4.78, 5) is 92.6. The van der Waals surface area contributed by atoms with Crippen molar-refractivity contribution in [3.05, 3.63) is 144 Å². The minimum atomic E-state index is -1.23. The van der Waals surface area contributed by atoms with E-state index in [2.05, 4.69) is 10.6 Å². The predicted molar refractivity (Wildman–Crippen MR) is 250 cm³/mol. The summed E-state index contributed by atoms with van der Waals surface area (Å²) in [6.45, 7) is 0.614. The number of hydrogen-bond acceptors (Lipinski definition) is 14. The first-order valence-electron chi connectivity index (χ1n) is 22.9. The Hall–Kier alpha value is -6.75. The van der Waals surface area contributed by atoms with Crippen LogP contribution in [0.5, 0.6) is 0 Å². The summed E-state index contributed by atoms with van der Waals surface area (Å²) in [5.74, 6) is -4.80. The van der Waals surface area contributed by atoms with Crippen LogP contribution in [0.2, 0.25) is 0 Å². The van der Waals surface area contributed by atoms with E-state index in [9.17, 15) is 33.6 Å². The Bertz CT molecular complexity index is 2130. The monoisotopic (exact) mass is 937 g/mol. The second-order valence-electron chi connectivity index (χ2n) is 15.8. The molecule has 4 aromatic carbocycles. The molecule has 4 aromatic rings. The molecule has 3 unspecified atom stereocenters. The number of hydrogen-bond donors (Lipinski definition) is 3.